The third-order valence-corrected chi connectivity index (χ3v) is 2.08. The third kappa shape index (κ3) is 1.94. The molecule has 0 bridgehead atoms. The highest BCUT2D eigenvalue weighted by Gasteiger charge is 1.97. The van der Waals surface area contributed by atoms with E-state index < -0.39 is 0 Å². The van der Waals surface area contributed by atoms with Crippen molar-refractivity contribution in [2.75, 3.05) is 6.16 Å². The molecule has 0 saturated heterocycles. The Balaban J connectivity index is 2.68. The van der Waals surface area contributed by atoms with Crippen LogP contribution in [0.1, 0.15) is 0 Å². The fraction of sp³-hybridized carbons (Fsp3) is 0.143. The Hall–Kier alpha value is -0.120. The summed E-state index contributed by atoms with van der Waals surface area (Å²) < 4.78 is 0. The highest BCUT2D eigenvalue weighted by atomic mass is 31.0. The predicted molar refractivity (Wildman–Crippen MR) is 52.7 cm³/mol. The first-order valence-corrected chi connectivity index (χ1v) is 4.61. The molecule has 1 aliphatic rings. The van der Waals surface area contributed by atoms with E-state index >= 15 is 0 Å². The fourth-order valence-corrected chi connectivity index (χ4v) is 1.19. The summed E-state index contributed by atoms with van der Waals surface area (Å²) in [5.41, 5.74) is 2.38. The number of hydrogen-bond acceptors (Lipinski definition) is 1. The summed E-state index contributed by atoms with van der Waals surface area (Å²) in [5, 5.41) is 3.25. The van der Waals surface area contributed by atoms with E-state index in [1.54, 1.807) is 0 Å². The second kappa shape index (κ2) is 3.91. The molecule has 1 heterocycles. The maximum Gasteiger partial charge on any atom is 0.0381 e. The first kappa shape index (κ1) is 7.98. The number of hydrogen-bond donors (Lipinski definition) is 1. The largest absolute Gasteiger partial charge is 0.359 e. The Labute approximate surface area is 66.1 Å². The van der Waals surface area contributed by atoms with E-state index in [9.17, 15) is 0 Å². The standard InChI is InChI=1S/C7H11NP2/c9-4-6-2-1-3-7(5-10)8-6/h1-4,8H,5,9-10H2. The van der Waals surface area contributed by atoms with E-state index in [4.69, 9.17) is 0 Å². The summed E-state index contributed by atoms with van der Waals surface area (Å²) >= 11 is 0. The first-order chi connectivity index (χ1) is 4.86. The van der Waals surface area contributed by atoms with Crippen LogP contribution < -0.4 is 5.32 Å². The minimum absolute atomic E-state index is 0.979. The molecule has 54 valence electrons. The van der Waals surface area contributed by atoms with Gasteiger partial charge >= 0.3 is 0 Å². The highest BCUT2D eigenvalue weighted by Crippen LogP contribution is 2.08. The molecule has 0 aromatic rings. The number of nitrogens with one attached hydrogen (secondary N) is 1. The van der Waals surface area contributed by atoms with Crippen molar-refractivity contribution in [1.29, 1.82) is 0 Å². The van der Waals surface area contributed by atoms with Crippen molar-refractivity contribution in [3.05, 3.63) is 35.4 Å². The molecule has 2 unspecified atom stereocenters. The zero-order valence-corrected chi connectivity index (χ0v) is 7.98. The van der Waals surface area contributed by atoms with Gasteiger partial charge in [-0.3, -0.25) is 0 Å². The molecule has 0 radical (unpaired) electrons. The average molecular weight is 171 g/mol. The van der Waals surface area contributed by atoms with Crippen molar-refractivity contribution in [3.63, 3.8) is 0 Å². The highest BCUT2D eigenvalue weighted by molar-refractivity contribution is 7.20. The van der Waals surface area contributed by atoms with Crippen molar-refractivity contribution in [2.45, 2.75) is 0 Å². The third-order valence-electron chi connectivity index (χ3n) is 1.28. The summed E-state index contributed by atoms with van der Waals surface area (Å²) in [7, 11) is 5.26. The first-order valence-electron chi connectivity index (χ1n) is 3.13. The maximum atomic E-state index is 3.25. The number of rotatable bonds is 1. The van der Waals surface area contributed by atoms with Crippen LogP contribution in [0, 0.1) is 0 Å². The van der Waals surface area contributed by atoms with Crippen molar-refractivity contribution < 1.29 is 0 Å². The topological polar surface area (TPSA) is 12.0 Å². The molecule has 1 aliphatic heterocycles. The smallest absolute Gasteiger partial charge is 0.0381 e. The minimum atomic E-state index is 0.979. The van der Waals surface area contributed by atoms with Crippen LogP contribution in [0.5, 0.6) is 0 Å². The molecule has 0 saturated carbocycles. The van der Waals surface area contributed by atoms with Crippen LogP contribution in [0.2, 0.25) is 0 Å². The van der Waals surface area contributed by atoms with Gasteiger partial charge in [-0.25, -0.2) is 0 Å². The Morgan fingerprint density at radius 3 is 3.00 bits per heavy atom. The van der Waals surface area contributed by atoms with Crippen molar-refractivity contribution in [2.24, 2.45) is 0 Å². The fourth-order valence-electron chi connectivity index (χ4n) is 0.753. The normalized spacial score (nSPS) is 20.6. The van der Waals surface area contributed by atoms with Gasteiger partial charge in [0, 0.05) is 17.6 Å². The lowest BCUT2D eigenvalue weighted by molar-refractivity contribution is 1.00. The van der Waals surface area contributed by atoms with Gasteiger partial charge in [-0.1, -0.05) is 6.08 Å². The number of dihydropyridines is 1. The zero-order chi connectivity index (χ0) is 7.40. The molecule has 1 nitrogen and oxygen atoms in total. The Kier molecular flexibility index (Phi) is 3.12. The molecular weight excluding hydrogens is 160 g/mol. The molecule has 10 heavy (non-hydrogen) atoms. The van der Waals surface area contributed by atoms with Gasteiger partial charge in [0.15, 0.2) is 0 Å². The average Bonchev–Trinajstić information content (AvgIpc) is 2.05. The molecule has 0 aliphatic carbocycles. The molecular formula is C7H11NP2. The molecule has 0 aromatic heterocycles. The molecule has 0 fully saturated rings. The molecule has 1 rings (SSSR count). The van der Waals surface area contributed by atoms with Crippen LogP contribution >= 0.6 is 18.5 Å². The lowest BCUT2D eigenvalue weighted by Crippen LogP contribution is -2.13. The summed E-state index contributed by atoms with van der Waals surface area (Å²) in [6, 6.07) is 0. The van der Waals surface area contributed by atoms with E-state index in [-0.39, 0.29) is 0 Å². The van der Waals surface area contributed by atoms with Crippen LogP contribution in [-0.4, -0.2) is 6.16 Å². The van der Waals surface area contributed by atoms with Gasteiger partial charge in [-0.05, 0) is 18.0 Å². The van der Waals surface area contributed by atoms with Crippen LogP contribution in [0.3, 0.4) is 0 Å². The summed E-state index contributed by atoms with van der Waals surface area (Å²) in [6.07, 6.45) is 7.14. The van der Waals surface area contributed by atoms with Gasteiger partial charge in [0.05, 0.1) is 0 Å². The van der Waals surface area contributed by atoms with Gasteiger partial charge < -0.3 is 5.32 Å². The second-order valence-electron chi connectivity index (χ2n) is 2.00. The maximum absolute atomic E-state index is 3.25. The Bertz CT molecular complexity index is 204. The monoisotopic (exact) mass is 171 g/mol. The number of allylic oxidation sites excluding steroid dienone is 4. The Morgan fingerprint density at radius 1 is 1.60 bits per heavy atom. The lowest BCUT2D eigenvalue weighted by Gasteiger charge is -2.11. The van der Waals surface area contributed by atoms with Crippen LogP contribution in [0.15, 0.2) is 35.4 Å². The summed E-state index contributed by atoms with van der Waals surface area (Å²) in [5.74, 6) is 1.98. The van der Waals surface area contributed by atoms with E-state index in [1.165, 1.54) is 5.70 Å². The molecule has 3 heteroatoms. The minimum Gasteiger partial charge on any atom is -0.359 e. The van der Waals surface area contributed by atoms with Gasteiger partial charge in [-0.2, -0.15) is 0 Å². The molecule has 0 aromatic carbocycles. The van der Waals surface area contributed by atoms with Crippen molar-refractivity contribution >= 4 is 18.5 Å². The summed E-state index contributed by atoms with van der Waals surface area (Å²) in [6.45, 7) is 0. The predicted octanol–water partition coefficient (Wildman–Crippen LogP) is 1.62. The van der Waals surface area contributed by atoms with Gasteiger partial charge in [-0.15, -0.1) is 18.5 Å². The zero-order valence-electron chi connectivity index (χ0n) is 5.67. The van der Waals surface area contributed by atoms with Crippen LogP contribution in [0.4, 0.5) is 0 Å². The van der Waals surface area contributed by atoms with Gasteiger partial charge in [0.1, 0.15) is 0 Å². The second-order valence-corrected chi connectivity index (χ2v) is 2.74. The quantitative estimate of drug-likeness (QED) is 0.591. The van der Waals surface area contributed by atoms with Crippen molar-refractivity contribution in [3.8, 4) is 0 Å². The Morgan fingerprint density at radius 2 is 2.40 bits per heavy atom. The molecule has 0 amide bonds. The van der Waals surface area contributed by atoms with Crippen LogP contribution in [0.25, 0.3) is 0 Å². The molecule has 0 spiro atoms. The van der Waals surface area contributed by atoms with E-state index in [2.05, 4.69) is 29.9 Å². The van der Waals surface area contributed by atoms with Gasteiger partial charge in [0.25, 0.3) is 0 Å². The van der Waals surface area contributed by atoms with Gasteiger partial charge in [0.2, 0.25) is 0 Å². The van der Waals surface area contributed by atoms with E-state index in [1.807, 2.05) is 18.0 Å². The molecule has 2 atom stereocenters. The SMILES string of the molecule is PC=C1C=CC=C(CP)N1. The van der Waals surface area contributed by atoms with E-state index in [0.29, 0.717) is 0 Å². The summed E-state index contributed by atoms with van der Waals surface area (Å²) in [4.78, 5) is 0. The van der Waals surface area contributed by atoms with E-state index in [0.717, 1.165) is 11.9 Å². The van der Waals surface area contributed by atoms with Crippen LogP contribution in [-0.2, 0) is 0 Å². The van der Waals surface area contributed by atoms with Crippen molar-refractivity contribution in [1.82, 2.24) is 5.32 Å². The molecule has 1 N–H and O–H groups in total. The lowest BCUT2D eigenvalue weighted by atomic mass is 10.3.